The predicted molar refractivity (Wildman–Crippen MR) is 71.5 cm³/mol. The molecule has 0 saturated carbocycles. The smallest absolute Gasteiger partial charge is 0.0794 e. The first-order valence-electron chi connectivity index (χ1n) is 5.09. The summed E-state index contributed by atoms with van der Waals surface area (Å²) in [5, 5.41) is 3.42. The first-order valence-corrected chi connectivity index (χ1v) is 6.76. The third kappa shape index (κ3) is 3.14. The summed E-state index contributed by atoms with van der Waals surface area (Å²) in [6.45, 7) is 3.92. The summed E-state index contributed by atoms with van der Waals surface area (Å²) in [5.74, 6) is 0. The van der Waals surface area contributed by atoms with Gasteiger partial charge in [-0.25, -0.2) is 0 Å². The summed E-state index contributed by atoms with van der Waals surface area (Å²) >= 11 is 5.15. The van der Waals surface area contributed by atoms with Crippen LogP contribution < -0.4 is 5.32 Å². The van der Waals surface area contributed by atoms with Crippen LogP contribution in [0.2, 0.25) is 0 Å². The summed E-state index contributed by atoms with van der Waals surface area (Å²) in [4.78, 5) is 5.32. The van der Waals surface area contributed by atoms with Gasteiger partial charge in [0.2, 0.25) is 0 Å². The van der Waals surface area contributed by atoms with Crippen LogP contribution in [-0.2, 0) is 13.1 Å². The maximum atomic E-state index is 4.05. The highest BCUT2D eigenvalue weighted by atomic mass is 79.9. The minimum atomic E-state index is 0.889. The Balaban J connectivity index is 1.90. The van der Waals surface area contributed by atoms with Gasteiger partial charge in [0.05, 0.1) is 5.51 Å². The zero-order valence-electron chi connectivity index (χ0n) is 9.03. The Labute approximate surface area is 108 Å². The number of aryl methyl sites for hydroxylation is 1. The average Bonchev–Trinajstić information content (AvgIpc) is 2.74. The van der Waals surface area contributed by atoms with Gasteiger partial charge in [-0.15, -0.1) is 11.3 Å². The van der Waals surface area contributed by atoms with E-state index < -0.39 is 0 Å². The monoisotopic (exact) mass is 296 g/mol. The summed E-state index contributed by atoms with van der Waals surface area (Å²) in [5.41, 5.74) is 4.51. The molecular formula is C12H13BrN2S. The van der Waals surface area contributed by atoms with Gasteiger partial charge in [-0.3, -0.25) is 4.98 Å². The lowest BCUT2D eigenvalue weighted by molar-refractivity contribution is 0.697. The summed E-state index contributed by atoms with van der Waals surface area (Å²) in [6.07, 6.45) is 1.91. The molecule has 1 aromatic heterocycles. The molecule has 0 amide bonds. The number of nitrogens with zero attached hydrogens (tertiary/aromatic N) is 1. The zero-order valence-corrected chi connectivity index (χ0v) is 11.4. The highest BCUT2D eigenvalue weighted by molar-refractivity contribution is 9.10. The zero-order chi connectivity index (χ0) is 11.4. The van der Waals surface area contributed by atoms with Gasteiger partial charge in [0.15, 0.2) is 0 Å². The Morgan fingerprint density at radius 3 is 2.94 bits per heavy atom. The molecule has 1 heterocycles. The van der Waals surface area contributed by atoms with Crippen molar-refractivity contribution < 1.29 is 0 Å². The predicted octanol–water partition coefficient (Wildman–Crippen LogP) is 3.50. The lowest BCUT2D eigenvalue weighted by atomic mass is 10.1. The van der Waals surface area contributed by atoms with Crippen LogP contribution in [0.4, 0.5) is 0 Å². The van der Waals surface area contributed by atoms with Crippen molar-refractivity contribution in [3.63, 3.8) is 0 Å². The van der Waals surface area contributed by atoms with Crippen LogP contribution in [0.1, 0.15) is 16.0 Å². The fourth-order valence-corrected chi connectivity index (χ4v) is 2.55. The highest BCUT2D eigenvalue weighted by Crippen LogP contribution is 2.15. The number of nitrogens with one attached hydrogen (secondary N) is 1. The quantitative estimate of drug-likeness (QED) is 0.934. The Bertz CT molecular complexity index is 454. The van der Waals surface area contributed by atoms with Crippen molar-refractivity contribution in [3.05, 3.63) is 50.4 Å². The van der Waals surface area contributed by atoms with Crippen LogP contribution in [0.25, 0.3) is 0 Å². The normalized spacial score (nSPS) is 10.6. The SMILES string of the molecule is Cc1cc(Br)ccc1CNCc1cncs1. The van der Waals surface area contributed by atoms with Gasteiger partial charge in [-0.1, -0.05) is 22.0 Å². The maximum absolute atomic E-state index is 4.05. The molecule has 0 aliphatic carbocycles. The van der Waals surface area contributed by atoms with Gasteiger partial charge in [0.25, 0.3) is 0 Å². The van der Waals surface area contributed by atoms with E-state index in [4.69, 9.17) is 0 Å². The number of thiazole rings is 1. The molecule has 16 heavy (non-hydrogen) atoms. The van der Waals surface area contributed by atoms with Gasteiger partial charge in [0.1, 0.15) is 0 Å². The molecule has 0 spiro atoms. The van der Waals surface area contributed by atoms with Gasteiger partial charge in [0, 0.05) is 28.6 Å². The lowest BCUT2D eigenvalue weighted by Gasteiger charge is -2.07. The fourth-order valence-electron chi connectivity index (χ4n) is 1.51. The number of hydrogen-bond donors (Lipinski definition) is 1. The van der Waals surface area contributed by atoms with E-state index in [-0.39, 0.29) is 0 Å². The molecular weight excluding hydrogens is 284 g/mol. The second kappa shape index (κ2) is 5.57. The largest absolute Gasteiger partial charge is 0.308 e. The van der Waals surface area contributed by atoms with Crippen LogP contribution >= 0.6 is 27.3 Å². The third-order valence-electron chi connectivity index (χ3n) is 2.40. The van der Waals surface area contributed by atoms with Crippen molar-refractivity contribution in [2.45, 2.75) is 20.0 Å². The molecule has 2 rings (SSSR count). The number of rotatable bonds is 4. The third-order valence-corrected chi connectivity index (χ3v) is 3.68. The van der Waals surface area contributed by atoms with Crippen LogP contribution in [0.3, 0.4) is 0 Å². The molecule has 1 N–H and O–H groups in total. The molecule has 0 saturated heterocycles. The molecule has 0 bridgehead atoms. The maximum Gasteiger partial charge on any atom is 0.0794 e. The van der Waals surface area contributed by atoms with E-state index in [0.29, 0.717) is 0 Å². The highest BCUT2D eigenvalue weighted by Gasteiger charge is 1.99. The van der Waals surface area contributed by atoms with Crippen molar-refractivity contribution in [2.75, 3.05) is 0 Å². The summed E-state index contributed by atoms with van der Waals surface area (Å²) < 4.78 is 1.14. The van der Waals surface area contributed by atoms with Gasteiger partial charge < -0.3 is 5.32 Å². The van der Waals surface area contributed by atoms with E-state index in [0.717, 1.165) is 17.6 Å². The van der Waals surface area contributed by atoms with E-state index >= 15 is 0 Å². The van der Waals surface area contributed by atoms with E-state index in [1.165, 1.54) is 16.0 Å². The second-order valence-electron chi connectivity index (χ2n) is 3.64. The van der Waals surface area contributed by atoms with Gasteiger partial charge >= 0.3 is 0 Å². The minimum Gasteiger partial charge on any atom is -0.308 e. The molecule has 2 aromatic rings. The molecule has 0 unspecified atom stereocenters. The van der Waals surface area contributed by atoms with Gasteiger partial charge in [-0.2, -0.15) is 0 Å². The van der Waals surface area contributed by atoms with Crippen molar-refractivity contribution in [2.24, 2.45) is 0 Å². The molecule has 4 heteroatoms. The topological polar surface area (TPSA) is 24.9 Å². The van der Waals surface area contributed by atoms with E-state index in [1.54, 1.807) is 11.3 Å². The van der Waals surface area contributed by atoms with E-state index in [9.17, 15) is 0 Å². The number of halogens is 1. The average molecular weight is 297 g/mol. The molecule has 0 aliphatic heterocycles. The van der Waals surface area contributed by atoms with Crippen LogP contribution in [0, 0.1) is 6.92 Å². The standard InChI is InChI=1S/C12H13BrN2S/c1-9-4-11(13)3-2-10(9)5-14-6-12-7-15-8-16-12/h2-4,7-8,14H,5-6H2,1H3. The van der Waals surface area contributed by atoms with Crippen LogP contribution in [0.15, 0.2) is 34.4 Å². The molecule has 0 aliphatic rings. The number of benzene rings is 1. The van der Waals surface area contributed by atoms with E-state index in [2.05, 4.69) is 51.4 Å². The molecule has 0 fully saturated rings. The second-order valence-corrected chi connectivity index (χ2v) is 5.53. The number of hydrogen-bond acceptors (Lipinski definition) is 3. The summed E-state index contributed by atoms with van der Waals surface area (Å²) in [7, 11) is 0. The van der Waals surface area contributed by atoms with Crippen molar-refractivity contribution in [1.82, 2.24) is 10.3 Å². The van der Waals surface area contributed by atoms with Crippen LogP contribution in [0.5, 0.6) is 0 Å². The fraction of sp³-hybridized carbons (Fsp3) is 0.250. The molecule has 84 valence electrons. The van der Waals surface area contributed by atoms with Crippen molar-refractivity contribution in [3.8, 4) is 0 Å². The summed E-state index contributed by atoms with van der Waals surface area (Å²) in [6, 6.07) is 6.37. The first kappa shape index (κ1) is 11.8. The molecule has 2 nitrogen and oxygen atoms in total. The first-order chi connectivity index (χ1) is 7.75. The molecule has 0 atom stereocenters. The Hall–Kier alpha value is -0.710. The lowest BCUT2D eigenvalue weighted by Crippen LogP contribution is -2.12. The minimum absolute atomic E-state index is 0.889. The molecule has 1 aromatic carbocycles. The van der Waals surface area contributed by atoms with Crippen LogP contribution in [-0.4, -0.2) is 4.98 Å². The Morgan fingerprint density at radius 2 is 2.25 bits per heavy atom. The van der Waals surface area contributed by atoms with E-state index in [1.807, 2.05) is 11.7 Å². The Kier molecular flexibility index (Phi) is 4.09. The molecule has 0 radical (unpaired) electrons. The van der Waals surface area contributed by atoms with Gasteiger partial charge in [-0.05, 0) is 30.2 Å². The van der Waals surface area contributed by atoms with Crippen molar-refractivity contribution >= 4 is 27.3 Å². The number of aromatic nitrogens is 1. The van der Waals surface area contributed by atoms with Crippen molar-refractivity contribution in [1.29, 1.82) is 0 Å². The Morgan fingerprint density at radius 1 is 1.38 bits per heavy atom.